The molecule has 1 aliphatic rings. The van der Waals surface area contributed by atoms with Crippen LogP contribution in [0.5, 0.6) is 0 Å². The highest BCUT2D eigenvalue weighted by Crippen LogP contribution is 2.22. The van der Waals surface area contributed by atoms with Crippen LogP contribution < -0.4 is 5.32 Å². The first-order valence-corrected chi connectivity index (χ1v) is 4.80. The summed E-state index contributed by atoms with van der Waals surface area (Å²) >= 11 is 0. The molecule has 5 heteroatoms. The van der Waals surface area contributed by atoms with Crippen molar-refractivity contribution in [3.8, 4) is 0 Å². The fourth-order valence-electron chi connectivity index (χ4n) is 1.98. The molecular weight excluding hydrogens is 186 g/mol. The molecule has 0 amide bonds. The van der Waals surface area contributed by atoms with E-state index in [2.05, 4.69) is 5.32 Å². The first kappa shape index (κ1) is 11.9. The Kier molecular flexibility index (Phi) is 4.28. The number of rotatable bonds is 3. The summed E-state index contributed by atoms with van der Waals surface area (Å²) in [6, 6.07) is -0.164. The molecule has 14 heavy (non-hydrogen) atoms. The van der Waals surface area contributed by atoms with Crippen molar-refractivity contribution in [2.45, 2.75) is 37.4 Å². The second-order valence-electron chi connectivity index (χ2n) is 3.57. The average Bonchev–Trinajstić information content (AvgIpc) is 2.17. The van der Waals surface area contributed by atoms with Gasteiger partial charge in [-0.2, -0.15) is 0 Å². The summed E-state index contributed by atoms with van der Waals surface area (Å²) < 4.78 is 10.6. The van der Waals surface area contributed by atoms with Gasteiger partial charge in [0.15, 0.2) is 0 Å². The molecule has 1 saturated heterocycles. The zero-order valence-electron chi connectivity index (χ0n) is 8.80. The Balaban J connectivity index is 2.72. The molecule has 0 aliphatic carbocycles. The summed E-state index contributed by atoms with van der Waals surface area (Å²) in [5, 5.41) is 21.9. The molecule has 0 aromatic heterocycles. The molecule has 1 aliphatic heterocycles. The molecule has 3 N–H and O–H groups in total. The van der Waals surface area contributed by atoms with Gasteiger partial charge < -0.3 is 25.0 Å². The van der Waals surface area contributed by atoms with Gasteiger partial charge in [0.1, 0.15) is 18.3 Å². The molecule has 0 saturated carbocycles. The summed E-state index contributed by atoms with van der Waals surface area (Å²) in [7, 11) is 3.27. The predicted molar refractivity (Wildman–Crippen MR) is 51.1 cm³/mol. The molecule has 0 aromatic rings. The van der Waals surface area contributed by atoms with Crippen LogP contribution in [0.1, 0.15) is 6.92 Å². The van der Waals surface area contributed by atoms with Gasteiger partial charge in [0.2, 0.25) is 0 Å². The molecule has 1 rings (SSSR count). The summed E-state index contributed by atoms with van der Waals surface area (Å²) in [5.74, 6) is 0. The Labute approximate surface area is 84.0 Å². The van der Waals surface area contributed by atoms with E-state index in [1.165, 1.54) is 7.11 Å². The summed E-state index contributed by atoms with van der Waals surface area (Å²) in [5.41, 5.74) is 0. The number of likely N-dealkylation sites (N-methyl/N-ethyl adjacent to an activating group) is 1. The fraction of sp³-hybridized carbons (Fsp3) is 1.00. The Morgan fingerprint density at radius 1 is 1.50 bits per heavy atom. The Morgan fingerprint density at radius 3 is 2.57 bits per heavy atom. The third-order valence-corrected chi connectivity index (χ3v) is 2.75. The smallest absolute Gasteiger partial charge is 0.113 e. The molecule has 0 bridgehead atoms. The van der Waals surface area contributed by atoms with Gasteiger partial charge in [-0.15, -0.1) is 0 Å². The van der Waals surface area contributed by atoms with Crippen LogP contribution >= 0.6 is 0 Å². The van der Waals surface area contributed by atoms with Crippen LogP contribution in [0.15, 0.2) is 0 Å². The summed E-state index contributed by atoms with van der Waals surface area (Å²) in [6.45, 7) is 1.72. The van der Waals surface area contributed by atoms with Crippen LogP contribution in [-0.4, -0.2) is 61.4 Å². The van der Waals surface area contributed by atoms with Gasteiger partial charge in [0.25, 0.3) is 0 Å². The molecule has 3 unspecified atom stereocenters. The van der Waals surface area contributed by atoms with E-state index < -0.39 is 18.3 Å². The fourth-order valence-corrected chi connectivity index (χ4v) is 1.98. The minimum absolute atomic E-state index is 0.140. The Morgan fingerprint density at radius 2 is 2.14 bits per heavy atom. The number of aliphatic hydroxyl groups is 2. The van der Waals surface area contributed by atoms with Crippen molar-refractivity contribution in [1.29, 1.82) is 0 Å². The van der Waals surface area contributed by atoms with E-state index >= 15 is 0 Å². The first-order valence-electron chi connectivity index (χ1n) is 4.80. The van der Waals surface area contributed by atoms with E-state index in [1.807, 2.05) is 6.92 Å². The number of methoxy groups -OCH3 is 1. The monoisotopic (exact) mass is 205 g/mol. The van der Waals surface area contributed by atoms with Crippen LogP contribution in [0.2, 0.25) is 0 Å². The zero-order chi connectivity index (χ0) is 10.7. The zero-order valence-corrected chi connectivity index (χ0v) is 8.80. The topological polar surface area (TPSA) is 71.0 Å². The molecule has 0 aromatic carbocycles. The van der Waals surface area contributed by atoms with Gasteiger partial charge >= 0.3 is 0 Å². The van der Waals surface area contributed by atoms with Crippen LogP contribution in [0.4, 0.5) is 0 Å². The Hall–Kier alpha value is -0.200. The predicted octanol–water partition coefficient (Wildman–Crippen LogP) is -1.27. The SMILES string of the molecule is CNC1C(O)[C@H](OC)C(CO)O[C@H]1C. The molecule has 1 fully saturated rings. The van der Waals surface area contributed by atoms with Gasteiger partial charge in [0.05, 0.1) is 18.8 Å². The van der Waals surface area contributed by atoms with Crippen molar-refractivity contribution in [3.05, 3.63) is 0 Å². The molecule has 84 valence electrons. The van der Waals surface area contributed by atoms with Crippen molar-refractivity contribution >= 4 is 0 Å². The second kappa shape index (κ2) is 5.04. The lowest BCUT2D eigenvalue weighted by atomic mass is 9.93. The molecule has 5 nitrogen and oxygen atoms in total. The van der Waals surface area contributed by atoms with E-state index in [0.717, 1.165) is 0 Å². The summed E-state index contributed by atoms with van der Waals surface area (Å²) in [6.07, 6.45) is -1.73. The van der Waals surface area contributed by atoms with Gasteiger partial charge in [-0.3, -0.25) is 0 Å². The van der Waals surface area contributed by atoms with Crippen LogP contribution in [-0.2, 0) is 9.47 Å². The minimum atomic E-state index is -0.661. The molecular formula is C9H19NO4. The van der Waals surface area contributed by atoms with Crippen molar-refractivity contribution < 1.29 is 19.7 Å². The maximum atomic E-state index is 9.92. The first-order chi connectivity index (χ1) is 6.65. The molecule has 5 atom stereocenters. The van der Waals surface area contributed by atoms with E-state index in [1.54, 1.807) is 7.05 Å². The lowest BCUT2D eigenvalue weighted by molar-refractivity contribution is -0.197. The third-order valence-electron chi connectivity index (χ3n) is 2.75. The van der Waals surface area contributed by atoms with Crippen molar-refractivity contribution in [1.82, 2.24) is 5.32 Å². The second-order valence-corrected chi connectivity index (χ2v) is 3.57. The van der Waals surface area contributed by atoms with E-state index in [9.17, 15) is 5.11 Å². The number of aliphatic hydroxyl groups excluding tert-OH is 2. The maximum absolute atomic E-state index is 9.92. The Bertz CT molecular complexity index is 178. The number of nitrogens with one attached hydrogen (secondary N) is 1. The lowest BCUT2D eigenvalue weighted by Gasteiger charge is -2.42. The van der Waals surface area contributed by atoms with Gasteiger partial charge in [-0.1, -0.05) is 0 Å². The number of ether oxygens (including phenoxy) is 2. The van der Waals surface area contributed by atoms with Crippen LogP contribution in [0, 0.1) is 0 Å². The quantitative estimate of drug-likeness (QED) is 0.536. The van der Waals surface area contributed by atoms with Crippen LogP contribution in [0.25, 0.3) is 0 Å². The van der Waals surface area contributed by atoms with Gasteiger partial charge in [0, 0.05) is 7.11 Å². The minimum Gasteiger partial charge on any atom is -0.394 e. The third kappa shape index (κ3) is 2.07. The highest BCUT2D eigenvalue weighted by molar-refractivity contribution is 4.94. The van der Waals surface area contributed by atoms with E-state index in [0.29, 0.717) is 0 Å². The van der Waals surface area contributed by atoms with Crippen LogP contribution in [0.3, 0.4) is 0 Å². The number of hydrogen-bond donors (Lipinski definition) is 3. The number of hydrogen-bond acceptors (Lipinski definition) is 5. The molecule has 0 radical (unpaired) electrons. The normalized spacial score (nSPS) is 43.9. The largest absolute Gasteiger partial charge is 0.394 e. The van der Waals surface area contributed by atoms with Crippen molar-refractivity contribution in [2.24, 2.45) is 0 Å². The average molecular weight is 205 g/mol. The maximum Gasteiger partial charge on any atom is 0.113 e. The summed E-state index contributed by atoms with van der Waals surface area (Å²) in [4.78, 5) is 0. The highest BCUT2D eigenvalue weighted by Gasteiger charge is 2.42. The van der Waals surface area contributed by atoms with Gasteiger partial charge in [-0.05, 0) is 14.0 Å². The van der Waals surface area contributed by atoms with E-state index in [-0.39, 0.29) is 18.8 Å². The standard InChI is InChI=1S/C9H19NO4/c1-5-7(10-2)8(12)9(13-3)6(4-11)14-5/h5-12H,4H2,1-3H3/t5-,6?,7?,8?,9+/m0/s1. The van der Waals surface area contributed by atoms with Crippen molar-refractivity contribution in [2.75, 3.05) is 20.8 Å². The molecule has 1 heterocycles. The van der Waals surface area contributed by atoms with Gasteiger partial charge in [-0.25, -0.2) is 0 Å². The van der Waals surface area contributed by atoms with E-state index in [4.69, 9.17) is 14.6 Å². The van der Waals surface area contributed by atoms with Crippen molar-refractivity contribution in [3.63, 3.8) is 0 Å². The highest BCUT2D eigenvalue weighted by atomic mass is 16.6. The molecule has 0 spiro atoms. The lowest BCUT2D eigenvalue weighted by Crippen LogP contribution is -2.62.